The van der Waals surface area contributed by atoms with Crippen LogP contribution in [0.15, 0.2) is 0 Å². The maximum Gasteiger partial charge on any atom is 0.0468 e. The van der Waals surface area contributed by atoms with E-state index in [0.29, 0.717) is 12.0 Å². The highest BCUT2D eigenvalue weighted by Crippen LogP contribution is 2.09. The third kappa shape index (κ3) is 3.09. The molecule has 3 nitrogen and oxygen atoms in total. The highest BCUT2D eigenvalue weighted by molar-refractivity contribution is 4.75. The van der Waals surface area contributed by atoms with Gasteiger partial charge >= 0.3 is 0 Å². The van der Waals surface area contributed by atoms with Gasteiger partial charge in [0.1, 0.15) is 0 Å². The molecule has 1 rings (SSSR count). The summed E-state index contributed by atoms with van der Waals surface area (Å²) in [5.74, 6) is 0.385. The zero-order chi connectivity index (χ0) is 8.97. The maximum absolute atomic E-state index is 8.87. The number of piperidine rings is 1. The van der Waals surface area contributed by atoms with E-state index in [9.17, 15) is 0 Å². The second-order valence-electron chi connectivity index (χ2n) is 3.95. The lowest BCUT2D eigenvalue weighted by Gasteiger charge is -2.32. The minimum atomic E-state index is 0.283. The molecule has 72 valence electrons. The molecule has 0 radical (unpaired) electrons. The van der Waals surface area contributed by atoms with E-state index in [1.165, 1.54) is 6.42 Å². The molecule has 1 aliphatic heterocycles. The summed E-state index contributed by atoms with van der Waals surface area (Å²) in [7, 11) is 0. The Morgan fingerprint density at radius 2 is 2.42 bits per heavy atom. The Morgan fingerprint density at radius 1 is 1.67 bits per heavy atom. The molecule has 2 atom stereocenters. The van der Waals surface area contributed by atoms with Crippen LogP contribution in [0.3, 0.4) is 0 Å². The lowest BCUT2D eigenvalue weighted by atomic mass is 10.0. The van der Waals surface area contributed by atoms with Crippen molar-refractivity contribution in [2.45, 2.75) is 25.8 Å². The van der Waals surface area contributed by atoms with Gasteiger partial charge in [-0.05, 0) is 25.3 Å². The molecule has 1 fully saturated rings. The Hall–Kier alpha value is -0.120. The number of likely N-dealkylation sites (tertiary alicyclic amines) is 1. The first-order chi connectivity index (χ1) is 5.72. The average Bonchev–Trinajstić information content (AvgIpc) is 2.04. The van der Waals surface area contributed by atoms with E-state index in [2.05, 4.69) is 11.8 Å². The largest absolute Gasteiger partial charge is 0.396 e. The molecule has 12 heavy (non-hydrogen) atoms. The van der Waals surface area contributed by atoms with Crippen LogP contribution >= 0.6 is 0 Å². The molecule has 0 aromatic heterocycles. The molecule has 0 aromatic carbocycles. The molecule has 2 unspecified atom stereocenters. The predicted octanol–water partition coefficient (Wildman–Crippen LogP) is 0.0379. The highest BCUT2D eigenvalue weighted by Gasteiger charge is 2.17. The van der Waals surface area contributed by atoms with E-state index in [4.69, 9.17) is 10.8 Å². The van der Waals surface area contributed by atoms with Crippen molar-refractivity contribution in [1.29, 1.82) is 0 Å². The van der Waals surface area contributed by atoms with Crippen LogP contribution in [0, 0.1) is 5.92 Å². The summed E-state index contributed by atoms with van der Waals surface area (Å²) < 4.78 is 0. The highest BCUT2D eigenvalue weighted by atomic mass is 16.3. The summed E-state index contributed by atoms with van der Waals surface area (Å²) in [5.41, 5.74) is 5.84. The van der Waals surface area contributed by atoms with Crippen LogP contribution in [0.25, 0.3) is 0 Å². The average molecular weight is 172 g/mol. The van der Waals surface area contributed by atoms with Gasteiger partial charge in [-0.25, -0.2) is 0 Å². The molecule has 0 aromatic rings. The van der Waals surface area contributed by atoms with Crippen LogP contribution < -0.4 is 5.73 Å². The van der Waals surface area contributed by atoms with Crippen molar-refractivity contribution in [2.24, 2.45) is 11.7 Å². The topological polar surface area (TPSA) is 49.5 Å². The van der Waals surface area contributed by atoms with E-state index >= 15 is 0 Å². The fourth-order valence-electron chi connectivity index (χ4n) is 1.76. The van der Waals surface area contributed by atoms with E-state index in [-0.39, 0.29) is 6.61 Å². The zero-order valence-electron chi connectivity index (χ0n) is 7.87. The van der Waals surface area contributed by atoms with E-state index < -0.39 is 0 Å². The van der Waals surface area contributed by atoms with Crippen molar-refractivity contribution in [3.8, 4) is 0 Å². The van der Waals surface area contributed by atoms with Crippen LogP contribution in [0.5, 0.6) is 0 Å². The summed E-state index contributed by atoms with van der Waals surface area (Å²) in [6.07, 6.45) is 2.36. The van der Waals surface area contributed by atoms with Gasteiger partial charge in [-0.15, -0.1) is 0 Å². The van der Waals surface area contributed by atoms with Crippen LogP contribution in [-0.4, -0.2) is 42.3 Å². The number of nitrogens with zero attached hydrogens (tertiary/aromatic N) is 1. The quantitative estimate of drug-likeness (QED) is 0.632. The molecular weight excluding hydrogens is 152 g/mol. The molecule has 0 spiro atoms. The molecule has 0 bridgehead atoms. The lowest BCUT2D eigenvalue weighted by Crippen LogP contribution is -2.44. The number of aliphatic hydroxyl groups is 1. The summed E-state index contributed by atoms with van der Waals surface area (Å²) in [6.45, 7) is 5.50. The molecule has 1 heterocycles. The first-order valence-corrected chi connectivity index (χ1v) is 4.81. The smallest absolute Gasteiger partial charge is 0.0468 e. The summed E-state index contributed by atoms with van der Waals surface area (Å²) in [5, 5.41) is 8.87. The predicted molar refractivity (Wildman–Crippen MR) is 49.9 cm³/mol. The molecule has 3 heteroatoms. The molecule has 1 aliphatic rings. The Balaban J connectivity index is 2.22. The number of hydrogen-bond acceptors (Lipinski definition) is 3. The van der Waals surface area contributed by atoms with Crippen molar-refractivity contribution in [2.75, 3.05) is 26.2 Å². The molecule has 0 amide bonds. The monoisotopic (exact) mass is 172 g/mol. The van der Waals surface area contributed by atoms with E-state index in [1.54, 1.807) is 0 Å². The molecular formula is C9H20N2O. The van der Waals surface area contributed by atoms with E-state index in [0.717, 1.165) is 26.1 Å². The van der Waals surface area contributed by atoms with Gasteiger partial charge in [-0.3, -0.25) is 0 Å². The first-order valence-electron chi connectivity index (χ1n) is 4.81. The number of aliphatic hydroxyl groups excluding tert-OH is 1. The van der Waals surface area contributed by atoms with Gasteiger partial charge in [0.2, 0.25) is 0 Å². The minimum absolute atomic E-state index is 0.283. The molecule has 0 aliphatic carbocycles. The molecule has 3 N–H and O–H groups in total. The second-order valence-corrected chi connectivity index (χ2v) is 3.95. The number of rotatable bonds is 3. The maximum atomic E-state index is 8.87. The van der Waals surface area contributed by atoms with Crippen LogP contribution in [-0.2, 0) is 0 Å². The summed E-state index contributed by atoms with van der Waals surface area (Å²) in [4.78, 5) is 2.36. The van der Waals surface area contributed by atoms with Gasteiger partial charge in [0, 0.05) is 25.7 Å². The summed E-state index contributed by atoms with van der Waals surface area (Å²) >= 11 is 0. The van der Waals surface area contributed by atoms with Crippen molar-refractivity contribution in [3.63, 3.8) is 0 Å². The number of hydrogen-bond donors (Lipinski definition) is 2. The fourth-order valence-corrected chi connectivity index (χ4v) is 1.76. The van der Waals surface area contributed by atoms with Crippen molar-refractivity contribution in [1.82, 2.24) is 4.90 Å². The fraction of sp³-hybridized carbons (Fsp3) is 1.00. The van der Waals surface area contributed by atoms with Crippen LogP contribution in [0.4, 0.5) is 0 Å². The van der Waals surface area contributed by atoms with Gasteiger partial charge < -0.3 is 15.7 Å². The van der Waals surface area contributed by atoms with E-state index in [1.807, 2.05) is 0 Å². The molecule has 1 saturated heterocycles. The van der Waals surface area contributed by atoms with Crippen molar-refractivity contribution >= 4 is 0 Å². The standard InChI is InChI=1S/C9H20N2O/c1-8(7-12)5-11-4-2-3-9(10)6-11/h8-9,12H,2-7,10H2,1H3. The lowest BCUT2D eigenvalue weighted by molar-refractivity contribution is 0.147. The zero-order valence-corrected chi connectivity index (χ0v) is 7.87. The van der Waals surface area contributed by atoms with Gasteiger partial charge in [0.05, 0.1) is 0 Å². The van der Waals surface area contributed by atoms with Crippen molar-refractivity contribution in [3.05, 3.63) is 0 Å². The minimum Gasteiger partial charge on any atom is -0.396 e. The summed E-state index contributed by atoms with van der Waals surface area (Å²) in [6, 6.07) is 0.352. The SMILES string of the molecule is CC(CO)CN1CCCC(N)C1. The van der Waals surface area contributed by atoms with Gasteiger partial charge in [0.15, 0.2) is 0 Å². The first kappa shape index (κ1) is 9.96. The Morgan fingerprint density at radius 3 is 3.00 bits per heavy atom. The Kier molecular flexibility index (Phi) is 3.98. The third-order valence-corrected chi connectivity index (χ3v) is 2.42. The molecule has 0 saturated carbocycles. The van der Waals surface area contributed by atoms with Crippen LogP contribution in [0.1, 0.15) is 19.8 Å². The van der Waals surface area contributed by atoms with Gasteiger partial charge in [-0.1, -0.05) is 6.92 Å². The van der Waals surface area contributed by atoms with Gasteiger partial charge in [0.25, 0.3) is 0 Å². The van der Waals surface area contributed by atoms with Crippen molar-refractivity contribution < 1.29 is 5.11 Å². The van der Waals surface area contributed by atoms with Gasteiger partial charge in [-0.2, -0.15) is 0 Å². The van der Waals surface area contributed by atoms with Crippen LogP contribution in [0.2, 0.25) is 0 Å². The normalized spacial score (nSPS) is 28.8. The third-order valence-electron chi connectivity index (χ3n) is 2.42. The number of nitrogens with two attached hydrogens (primary N) is 1. The second kappa shape index (κ2) is 4.80. The Labute approximate surface area is 74.5 Å². The Bertz CT molecular complexity index is 130.